The SMILES string of the molecule is O=C(CC1CCCC1)NCc1ccccc1Cn1cccn1. The number of hydrogen-bond donors (Lipinski definition) is 1. The first-order chi connectivity index (χ1) is 10.8. The van der Waals surface area contributed by atoms with Crippen LogP contribution in [0.3, 0.4) is 0 Å². The van der Waals surface area contributed by atoms with Gasteiger partial charge in [-0.2, -0.15) is 5.10 Å². The van der Waals surface area contributed by atoms with Crippen molar-refractivity contribution < 1.29 is 4.79 Å². The van der Waals surface area contributed by atoms with Crippen molar-refractivity contribution >= 4 is 5.91 Å². The molecule has 22 heavy (non-hydrogen) atoms. The van der Waals surface area contributed by atoms with Gasteiger partial charge < -0.3 is 5.32 Å². The minimum atomic E-state index is 0.181. The van der Waals surface area contributed by atoms with Crippen LogP contribution >= 0.6 is 0 Å². The number of aromatic nitrogens is 2. The van der Waals surface area contributed by atoms with Gasteiger partial charge in [-0.15, -0.1) is 0 Å². The van der Waals surface area contributed by atoms with E-state index in [0.29, 0.717) is 18.9 Å². The molecule has 1 aromatic heterocycles. The maximum Gasteiger partial charge on any atom is 0.220 e. The van der Waals surface area contributed by atoms with Crippen molar-refractivity contribution in [1.29, 1.82) is 0 Å². The van der Waals surface area contributed by atoms with E-state index in [9.17, 15) is 4.79 Å². The van der Waals surface area contributed by atoms with Gasteiger partial charge in [0.25, 0.3) is 0 Å². The van der Waals surface area contributed by atoms with Gasteiger partial charge in [-0.1, -0.05) is 37.1 Å². The molecule has 0 radical (unpaired) electrons. The summed E-state index contributed by atoms with van der Waals surface area (Å²) in [7, 11) is 0. The number of benzene rings is 1. The molecule has 1 fully saturated rings. The highest BCUT2D eigenvalue weighted by molar-refractivity contribution is 5.76. The summed E-state index contributed by atoms with van der Waals surface area (Å²) in [6.45, 7) is 1.34. The third-order valence-corrected chi connectivity index (χ3v) is 4.43. The number of carbonyl (C=O) groups is 1. The number of carbonyl (C=O) groups excluding carboxylic acids is 1. The van der Waals surface area contributed by atoms with E-state index in [0.717, 1.165) is 12.1 Å². The minimum Gasteiger partial charge on any atom is -0.352 e. The first kappa shape index (κ1) is 14.8. The molecule has 1 aliphatic carbocycles. The highest BCUT2D eigenvalue weighted by Crippen LogP contribution is 2.27. The van der Waals surface area contributed by atoms with Crippen molar-refractivity contribution in [2.24, 2.45) is 5.92 Å². The third-order valence-electron chi connectivity index (χ3n) is 4.43. The number of nitrogens with zero attached hydrogens (tertiary/aromatic N) is 2. The van der Waals surface area contributed by atoms with E-state index in [4.69, 9.17) is 0 Å². The summed E-state index contributed by atoms with van der Waals surface area (Å²) in [6, 6.07) is 10.1. The van der Waals surface area contributed by atoms with Gasteiger partial charge in [-0.05, 0) is 36.0 Å². The predicted molar refractivity (Wildman–Crippen MR) is 86.2 cm³/mol. The maximum absolute atomic E-state index is 12.1. The van der Waals surface area contributed by atoms with Gasteiger partial charge in [0.15, 0.2) is 0 Å². The largest absolute Gasteiger partial charge is 0.352 e. The van der Waals surface area contributed by atoms with Crippen LogP contribution in [0, 0.1) is 5.92 Å². The van der Waals surface area contributed by atoms with Gasteiger partial charge in [-0.3, -0.25) is 9.48 Å². The molecule has 1 heterocycles. The van der Waals surface area contributed by atoms with Crippen LogP contribution in [-0.4, -0.2) is 15.7 Å². The first-order valence-corrected chi connectivity index (χ1v) is 8.12. The lowest BCUT2D eigenvalue weighted by Crippen LogP contribution is -2.25. The van der Waals surface area contributed by atoms with Gasteiger partial charge in [0.1, 0.15) is 0 Å². The summed E-state index contributed by atoms with van der Waals surface area (Å²) in [5.41, 5.74) is 2.37. The molecule has 1 N–H and O–H groups in total. The van der Waals surface area contributed by atoms with E-state index in [1.807, 2.05) is 29.1 Å². The van der Waals surface area contributed by atoms with Crippen LogP contribution in [-0.2, 0) is 17.9 Å². The fourth-order valence-corrected chi connectivity index (χ4v) is 3.20. The smallest absolute Gasteiger partial charge is 0.220 e. The quantitative estimate of drug-likeness (QED) is 0.890. The molecule has 1 saturated carbocycles. The van der Waals surface area contributed by atoms with Gasteiger partial charge >= 0.3 is 0 Å². The lowest BCUT2D eigenvalue weighted by molar-refractivity contribution is -0.122. The molecule has 1 amide bonds. The lowest BCUT2D eigenvalue weighted by Gasteiger charge is -2.12. The molecule has 2 aromatic rings. The molecule has 0 unspecified atom stereocenters. The highest BCUT2D eigenvalue weighted by Gasteiger charge is 2.18. The molecular weight excluding hydrogens is 274 g/mol. The molecule has 0 spiro atoms. The number of rotatable bonds is 6. The second kappa shape index (κ2) is 7.25. The zero-order chi connectivity index (χ0) is 15.2. The average Bonchev–Trinajstić information content (AvgIpc) is 3.20. The van der Waals surface area contributed by atoms with Crippen LogP contribution in [0.25, 0.3) is 0 Å². The van der Waals surface area contributed by atoms with E-state index in [-0.39, 0.29) is 5.91 Å². The molecule has 0 bridgehead atoms. The zero-order valence-electron chi connectivity index (χ0n) is 12.9. The Morgan fingerprint density at radius 2 is 1.95 bits per heavy atom. The minimum absolute atomic E-state index is 0.181. The predicted octanol–water partition coefficient (Wildman–Crippen LogP) is 3.13. The number of amides is 1. The van der Waals surface area contributed by atoms with E-state index in [1.165, 1.54) is 31.2 Å². The first-order valence-electron chi connectivity index (χ1n) is 8.12. The summed E-state index contributed by atoms with van der Waals surface area (Å²) in [4.78, 5) is 12.1. The molecule has 0 saturated heterocycles. The Labute approximate surface area is 131 Å². The summed E-state index contributed by atoms with van der Waals surface area (Å²) < 4.78 is 1.90. The molecule has 116 valence electrons. The molecule has 4 heteroatoms. The lowest BCUT2D eigenvalue weighted by atomic mass is 10.0. The molecule has 4 nitrogen and oxygen atoms in total. The molecular formula is C18H23N3O. The van der Waals surface area contributed by atoms with E-state index in [2.05, 4.69) is 22.5 Å². The highest BCUT2D eigenvalue weighted by atomic mass is 16.1. The summed E-state index contributed by atoms with van der Waals surface area (Å²) in [6.07, 6.45) is 9.41. The van der Waals surface area contributed by atoms with E-state index >= 15 is 0 Å². The molecule has 3 rings (SSSR count). The second-order valence-corrected chi connectivity index (χ2v) is 6.10. The molecule has 0 aliphatic heterocycles. The van der Waals surface area contributed by atoms with Gasteiger partial charge in [0.2, 0.25) is 5.91 Å². The summed E-state index contributed by atoms with van der Waals surface area (Å²) in [5, 5.41) is 7.32. The summed E-state index contributed by atoms with van der Waals surface area (Å²) >= 11 is 0. The van der Waals surface area contributed by atoms with Crippen molar-refractivity contribution in [2.75, 3.05) is 0 Å². The monoisotopic (exact) mass is 297 g/mol. The molecule has 1 aliphatic rings. The van der Waals surface area contributed by atoms with Gasteiger partial charge in [0, 0.05) is 25.4 Å². The summed E-state index contributed by atoms with van der Waals surface area (Å²) in [5.74, 6) is 0.778. The van der Waals surface area contributed by atoms with Crippen LogP contribution in [0.2, 0.25) is 0 Å². The van der Waals surface area contributed by atoms with Crippen LogP contribution < -0.4 is 5.32 Å². The average molecular weight is 297 g/mol. The zero-order valence-corrected chi connectivity index (χ0v) is 12.9. The van der Waals surface area contributed by atoms with E-state index in [1.54, 1.807) is 6.20 Å². The Bertz CT molecular complexity index is 601. The maximum atomic E-state index is 12.1. The number of hydrogen-bond acceptors (Lipinski definition) is 2. The molecule has 1 aromatic carbocycles. The molecule has 0 atom stereocenters. The Morgan fingerprint density at radius 3 is 2.68 bits per heavy atom. The van der Waals surface area contributed by atoms with Crippen LogP contribution in [0.4, 0.5) is 0 Å². The Kier molecular flexibility index (Phi) is 4.88. The van der Waals surface area contributed by atoms with Gasteiger partial charge in [0.05, 0.1) is 6.54 Å². The van der Waals surface area contributed by atoms with Gasteiger partial charge in [-0.25, -0.2) is 0 Å². The topological polar surface area (TPSA) is 46.9 Å². The normalized spacial score (nSPS) is 15.1. The van der Waals surface area contributed by atoms with Crippen molar-refractivity contribution in [3.63, 3.8) is 0 Å². The van der Waals surface area contributed by atoms with Crippen molar-refractivity contribution in [3.8, 4) is 0 Å². The van der Waals surface area contributed by atoms with E-state index < -0.39 is 0 Å². The standard InChI is InChI=1S/C18H23N3O/c22-18(12-15-6-1-2-7-15)19-13-16-8-3-4-9-17(16)14-21-11-5-10-20-21/h3-5,8-11,15H,1-2,6-7,12-14H2,(H,19,22). The van der Waals surface area contributed by atoms with Crippen molar-refractivity contribution in [2.45, 2.75) is 45.2 Å². The fraction of sp³-hybridized carbons (Fsp3) is 0.444. The Balaban J connectivity index is 1.56. The van der Waals surface area contributed by atoms with Crippen LogP contribution in [0.5, 0.6) is 0 Å². The third kappa shape index (κ3) is 3.97. The second-order valence-electron chi connectivity index (χ2n) is 6.10. The van der Waals surface area contributed by atoms with Crippen molar-refractivity contribution in [1.82, 2.24) is 15.1 Å². The fourth-order valence-electron chi connectivity index (χ4n) is 3.20. The van der Waals surface area contributed by atoms with Crippen LogP contribution in [0.1, 0.15) is 43.2 Å². The Morgan fingerprint density at radius 1 is 1.18 bits per heavy atom. The van der Waals surface area contributed by atoms with Crippen LogP contribution in [0.15, 0.2) is 42.7 Å². The number of nitrogens with one attached hydrogen (secondary N) is 1. The van der Waals surface area contributed by atoms with Crippen molar-refractivity contribution in [3.05, 3.63) is 53.9 Å². The Hall–Kier alpha value is -2.10.